The molecule has 0 spiro atoms. The van der Waals surface area contributed by atoms with Crippen LogP contribution in [-0.2, 0) is 13.0 Å². The van der Waals surface area contributed by atoms with Gasteiger partial charge in [-0.3, -0.25) is 0 Å². The van der Waals surface area contributed by atoms with Crippen LogP contribution in [0.1, 0.15) is 51.3 Å². The molecular formula is C15H26FN. The van der Waals surface area contributed by atoms with Crippen LogP contribution in [0, 0.1) is 12.7 Å². The molecule has 0 saturated heterocycles. The summed E-state index contributed by atoms with van der Waals surface area (Å²) >= 11 is 0. The van der Waals surface area contributed by atoms with E-state index in [1.54, 1.807) is 6.07 Å². The zero-order valence-electron chi connectivity index (χ0n) is 12.0. The molecule has 0 heterocycles. The minimum absolute atomic E-state index is 0.0833. The zero-order valence-corrected chi connectivity index (χ0v) is 12.0. The van der Waals surface area contributed by atoms with Gasteiger partial charge in [-0.25, -0.2) is 4.39 Å². The van der Waals surface area contributed by atoms with Crippen LogP contribution in [0.4, 0.5) is 4.39 Å². The fraction of sp³-hybridized carbons (Fsp3) is 0.600. The van der Waals surface area contributed by atoms with Crippen molar-refractivity contribution in [2.45, 2.75) is 60.5 Å². The molecule has 0 unspecified atom stereocenters. The van der Waals surface area contributed by atoms with Crippen molar-refractivity contribution in [2.24, 2.45) is 0 Å². The van der Waals surface area contributed by atoms with Crippen LogP contribution in [0.2, 0.25) is 0 Å². The number of aryl methyl sites for hydroxylation is 2. The first-order valence-corrected chi connectivity index (χ1v) is 6.55. The fourth-order valence-corrected chi connectivity index (χ4v) is 1.66. The highest BCUT2D eigenvalue weighted by Crippen LogP contribution is 2.17. The van der Waals surface area contributed by atoms with Crippen LogP contribution in [0.15, 0.2) is 12.1 Å². The van der Waals surface area contributed by atoms with Crippen LogP contribution in [0.25, 0.3) is 0 Å². The predicted molar refractivity (Wildman–Crippen MR) is 73.8 cm³/mol. The third-order valence-corrected chi connectivity index (χ3v) is 2.50. The second kappa shape index (κ2) is 8.24. The van der Waals surface area contributed by atoms with Crippen molar-refractivity contribution in [3.63, 3.8) is 0 Å². The quantitative estimate of drug-likeness (QED) is 0.829. The molecule has 0 aliphatic heterocycles. The van der Waals surface area contributed by atoms with Gasteiger partial charge in [0, 0.05) is 18.2 Å². The van der Waals surface area contributed by atoms with Gasteiger partial charge in [-0.1, -0.05) is 40.7 Å². The lowest BCUT2D eigenvalue weighted by Gasteiger charge is -2.13. The minimum Gasteiger partial charge on any atom is -0.310 e. The van der Waals surface area contributed by atoms with Crippen molar-refractivity contribution in [1.29, 1.82) is 0 Å². The van der Waals surface area contributed by atoms with Gasteiger partial charge >= 0.3 is 0 Å². The van der Waals surface area contributed by atoms with Crippen molar-refractivity contribution >= 4 is 0 Å². The van der Waals surface area contributed by atoms with Crippen LogP contribution in [0.3, 0.4) is 0 Å². The molecule has 1 aromatic rings. The zero-order chi connectivity index (χ0) is 13.4. The third kappa shape index (κ3) is 5.31. The van der Waals surface area contributed by atoms with Gasteiger partial charge in [0.1, 0.15) is 5.82 Å². The molecule has 1 aromatic carbocycles. The summed E-state index contributed by atoms with van der Waals surface area (Å²) in [5.74, 6) is -0.0833. The van der Waals surface area contributed by atoms with Gasteiger partial charge in [0.25, 0.3) is 0 Å². The molecule has 0 saturated carbocycles. The third-order valence-electron chi connectivity index (χ3n) is 2.50. The summed E-state index contributed by atoms with van der Waals surface area (Å²) in [7, 11) is 0. The topological polar surface area (TPSA) is 12.0 Å². The lowest BCUT2D eigenvalue weighted by molar-refractivity contribution is 0.549. The van der Waals surface area contributed by atoms with Crippen molar-refractivity contribution in [3.05, 3.63) is 34.6 Å². The van der Waals surface area contributed by atoms with Crippen LogP contribution < -0.4 is 5.32 Å². The maximum absolute atomic E-state index is 13.7. The van der Waals surface area contributed by atoms with E-state index in [9.17, 15) is 4.39 Å². The fourth-order valence-electron chi connectivity index (χ4n) is 1.66. The number of hydrogen-bond donors (Lipinski definition) is 1. The Balaban J connectivity index is 0.00000121. The summed E-state index contributed by atoms with van der Waals surface area (Å²) in [5.41, 5.74) is 2.93. The molecule has 0 fully saturated rings. The average molecular weight is 239 g/mol. The normalized spacial score (nSPS) is 10.1. The summed E-state index contributed by atoms with van der Waals surface area (Å²) in [6.45, 7) is 12.7. The van der Waals surface area contributed by atoms with E-state index in [4.69, 9.17) is 0 Å². The Hall–Kier alpha value is -0.890. The van der Waals surface area contributed by atoms with E-state index in [0.717, 1.165) is 23.1 Å². The Morgan fingerprint density at radius 1 is 1.24 bits per heavy atom. The SMILES string of the molecule is CC.CCc1cc(C)cc(F)c1CNC(C)C. The molecule has 0 radical (unpaired) electrons. The molecule has 1 N–H and O–H groups in total. The first-order chi connectivity index (χ1) is 8.04. The average Bonchev–Trinajstić information content (AvgIpc) is 2.29. The molecule has 17 heavy (non-hydrogen) atoms. The monoisotopic (exact) mass is 239 g/mol. The summed E-state index contributed by atoms with van der Waals surface area (Å²) in [6, 6.07) is 4.06. The van der Waals surface area contributed by atoms with E-state index in [-0.39, 0.29) is 5.82 Å². The van der Waals surface area contributed by atoms with Gasteiger partial charge in [-0.2, -0.15) is 0 Å². The number of halogens is 1. The molecule has 0 atom stereocenters. The Kier molecular flexibility index (Phi) is 7.81. The molecule has 0 aliphatic carbocycles. The Bertz CT molecular complexity index is 332. The number of benzene rings is 1. The van der Waals surface area contributed by atoms with Crippen molar-refractivity contribution in [3.8, 4) is 0 Å². The van der Waals surface area contributed by atoms with Gasteiger partial charge in [0.2, 0.25) is 0 Å². The lowest BCUT2D eigenvalue weighted by atomic mass is 10.0. The summed E-state index contributed by atoms with van der Waals surface area (Å²) in [5, 5.41) is 3.26. The molecule has 2 heteroatoms. The van der Waals surface area contributed by atoms with E-state index < -0.39 is 0 Å². The van der Waals surface area contributed by atoms with Gasteiger partial charge in [0.05, 0.1) is 0 Å². The van der Waals surface area contributed by atoms with Gasteiger partial charge in [0.15, 0.2) is 0 Å². The first-order valence-electron chi connectivity index (χ1n) is 6.55. The van der Waals surface area contributed by atoms with E-state index in [1.807, 2.05) is 20.8 Å². The molecule has 0 bridgehead atoms. The number of nitrogens with one attached hydrogen (secondary N) is 1. The summed E-state index contributed by atoms with van der Waals surface area (Å²) in [6.07, 6.45) is 0.883. The second-order valence-electron chi connectivity index (χ2n) is 4.27. The highest BCUT2D eigenvalue weighted by atomic mass is 19.1. The number of hydrogen-bond acceptors (Lipinski definition) is 1. The molecule has 0 aliphatic rings. The van der Waals surface area contributed by atoms with Gasteiger partial charge in [-0.05, 0) is 30.5 Å². The summed E-state index contributed by atoms with van der Waals surface area (Å²) in [4.78, 5) is 0. The minimum atomic E-state index is -0.0833. The smallest absolute Gasteiger partial charge is 0.128 e. The van der Waals surface area contributed by atoms with Gasteiger partial charge in [-0.15, -0.1) is 0 Å². The molecule has 0 amide bonds. The Morgan fingerprint density at radius 3 is 2.29 bits per heavy atom. The number of rotatable bonds is 4. The molecule has 1 nitrogen and oxygen atoms in total. The summed E-state index contributed by atoms with van der Waals surface area (Å²) < 4.78 is 13.7. The van der Waals surface area contributed by atoms with E-state index >= 15 is 0 Å². The van der Waals surface area contributed by atoms with Crippen molar-refractivity contribution in [1.82, 2.24) is 5.32 Å². The molecular weight excluding hydrogens is 213 g/mol. The Labute approximate surface area is 105 Å². The van der Waals surface area contributed by atoms with Gasteiger partial charge < -0.3 is 5.32 Å². The first kappa shape index (κ1) is 16.1. The van der Waals surface area contributed by atoms with Crippen LogP contribution in [0.5, 0.6) is 0 Å². The predicted octanol–water partition coefficient (Wildman–Crippen LogP) is 4.22. The van der Waals surface area contributed by atoms with Crippen molar-refractivity contribution < 1.29 is 4.39 Å². The highest BCUT2D eigenvalue weighted by Gasteiger charge is 2.08. The van der Waals surface area contributed by atoms with E-state index in [0.29, 0.717) is 12.6 Å². The second-order valence-corrected chi connectivity index (χ2v) is 4.27. The largest absolute Gasteiger partial charge is 0.310 e. The molecule has 1 rings (SSSR count). The molecule has 0 aromatic heterocycles. The Morgan fingerprint density at radius 2 is 1.82 bits per heavy atom. The van der Waals surface area contributed by atoms with Crippen LogP contribution in [-0.4, -0.2) is 6.04 Å². The highest BCUT2D eigenvalue weighted by molar-refractivity contribution is 5.33. The van der Waals surface area contributed by atoms with E-state index in [2.05, 4.69) is 32.2 Å². The maximum atomic E-state index is 13.7. The standard InChI is InChI=1S/C13H20FN.C2H6/c1-5-11-6-10(4)7-13(14)12(11)8-15-9(2)3;1-2/h6-7,9,15H,5,8H2,1-4H3;1-2H3. The lowest BCUT2D eigenvalue weighted by Crippen LogP contribution is -2.23. The molecule has 98 valence electrons. The van der Waals surface area contributed by atoms with Crippen molar-refractivity contribution in [2.75, 3.05) is 0 Å². The van der Waals surface area contributed by atoms with Crippen LogP contribution >= 0.6 is 0 Å². The van der Waals surface area contributed by atoms with E-state index in [1.165, 1.54) is 0 Å². The maximum Gasteiger partial charge on any atom is 0.128 e.